The van der Waals surface area contributed by atoms with Crippen LogP contribution < -0.4 is 10.6 Å². The van der Waals surface area contributed by atoms with Gasteiger partial charge in [-0.15, -0.1) is 0 Å². The van der Waals surface area contributed by atoms with E-state index < -0.39 is 17.0 Å². The highest BCUT2D eigenvalue weighted by atomic mass is 16.6. The van der Waals surface area contributed by atoms with Gasteiger partial charge in [-0.05, 0) is 25.1 Å². The first-order valence-corrected chi connectivity index (χ1v) is 9.20. The van der Waals surface area contributed by atoms with Crippen LogP contribution in [0.3, 0.4) is 0 Å². The molecule has 0 spiro atoms. The van der Waals surface area contributed by atoms with Gasteiger partial charge in [0, 0.05) is 49.7 Å². The lowest BCUT2D eigenvalue weighted by atomic mass is 10.1. The lowest BCUT2D eigenvalue weighted by molar-refractivity contribution is -0.384. The number of nitro benzene ring substituents is 1. The number of nitrogens with zero attached hydrogens (tertiary/aromatic N) is 3. The maximum Gasteiger partial charge on any atom is 0.341 e. The number of carbonyl (C=O) groups is 2. The first-order chi connectivity index (χ1) is 13.9. The Morgan fingerprint density at radius 1 is 1.10 bits per heavy atom. The number of anilines is 2. The van der Waals surface area contributed by atoms with Gasteiger partial charge in [-0.3, -0.25) is 14.9 Å². The van der Waals surface area contributed by atoms with Crippen molar-refractivity contribution in [1.29, 1.82) is 0 Å². The predicted octanol–water partition coefficient (Wildman–Crippen LogP) is 2.07. The van der Waals surface area contributed by atoms with Gasteiger partial charge in [0.25, 0.3) is 11.6 Å². The molecule has 1 fully saturated rings. The molecule has 0 saturated carbocycles. The van der Waals surface area contributed by atoms with Gasteiger partial charge in [0.15, 0.2) is 6.10 Å². The van der Waals surface area contributed by atoms with Crippen LogP contribution in [0.1, 0.15) is 17.3 Å². The van der Waals surface area contributed by atoms with Gasteiger partial charge in [-0.2, -0.15) is 0 Å². The number of carbonyl (C=O) groups excluding carboxylic acids is 2. The number of benzene rings is 2. The van der Waals surface area contributed by atoms with Gasteiger partial charge in [0.05, 0.1) is 10.5 Å². The minimum absolute atomic E-state index is 0.0525. The molecule has 9 heteroatoms. The number of nitrogen functional groups attached to an aromatic ring is 1. The van der Waals surface area contributed by atoms with E-state index in [1.165, 1.54) is 19.1 Å². The average Bonchev–Trinajstić information content (AvgIpc) is 2.74. The fourth-order valence-corrected chi connectivity index (χ4v) is 3.19. The van der Waals surface area contributed by atoms with Crippen molar-refractivity contribution < 1.29 is 19.2 Å². The summed E-state index contributed by atoms with van der Waals surface area (Å²) in [5, 5.41) is 10.9. The smallest absolute Gasteiger partial charge is 0.341 e. The number of ether oxygens (including phenoxy) is 1. The van der Waals surface area contributed by atoms with Crippen LogP contribution >= 0.6 is 0 Å². The SMILES string of the molecule is CC(OC(=O)c1cc([N+](=O)[O-])ccc1N)C(=O)N1CCN(c2ccccc2)CC1. The summed E-state index contributed by atoms with van der Waals surface area (Å²) in [6.07, 6.45) is -1.02. The minimum Gasteiger partial charge on any atom is -0.449 e. The normalized spacial score (nSPS) is 14.9. The second-order valence-corrected chi connectivity index (χ2v) is 6.72. The molecule has 1 aliphatic heterocycles. The zero-order valence-corrected chi connectivity index (χ0v) is 16.0. The van der Waals surface area contributed by atoms with Gasteiger partial charge < -0.3 is 20.3 Å². The summed E-state index contributed by atoms with van der Waals surface area (Å²) in [7, 11) is 0. The summed E-state index contributed by atoms with van der Waals surface area (Å²) >= 11 is 0. The van der Waals surface area contributed by atoms with E-state index in [0.29, 0.717) is 26.2 Å². The molecule has 0 aromatic heterocycles. The molecular weight excluding hydrogens is 376 g/mol. The van der Waals surface area contributed by atoms with E-state index in [0.717, 1.165) is 11.8 Å². The van der Waals surface area contributed by atoms with Crippen molar-refractivity contribution >= 4 is 28.9 Å². The number of non-ortho nitro benzene ring substituents is 1. The molecule has 1 amide bonds. The Morgan fingerprint density at radius 3 is 2.38 bits per heavy atom. The van der Waals surface area contributed by atoms with Crippen molar-refractivity contribution in [3.05, 3.63) is 64.2 Å². The Bertz CT molecular complexity index is 910. The van der Waals surface area contributed by atoms with Crippen LogP contribution in [-0.4, -0.2) is 54.0 Å². The van der Waals surface area contributed by atoms with Gasteiger partial charge in [0.2, 0.25) is 0 Å². The standard InChI is InChI=1S/C20H22N4O5/c1-14(29-20(26)17-13-16(24(27)28)7-8-18(17)21)19(25)23-11-9-22(10-12-23)15-5-3-2-4-6-15/h2-8,13-14H,9-12,21H2,1H3. The predicted molar refractivity (Wildman–Crippen MR) is 108 cm³/mol. The van der Waals surface area contributed by atoms with Gasteiger partial charge in [-0.25, -0.2) is 4.79 Å². The molecule has 1 heterocycles. The summed E-state index contributed by atoms with van der Waals surface area (Å²) in [6.45, 7) is 3.85. The number of piperazine rings is 1. The quantitative estimate of drug-likeness (QED) is 0.354. The maximum atomic E-state index is 12.7. The first kappa shape index (κ1) is 20.1. The number of hydrogen-bond donors (Lipinski definition) is 1. The Hall–Kier alpha value is -3.62. The molecule has 2 aromatic rings. The third-order valence-electron chi connectivity index (χ3n) is 4.81. The molecule has 29 heavy (non-hydrogen) atoms. The van der Waals surface area contributed by atoms with Crippen molar-refractivity contribution in [1.82, 2.24) is 4.90 Å². The van der Waals surface area contributed by atoms with E-state index in [-0.39, 0.29) is 22.8 Å². The number of nitrogens with two attached hydrogens (primary N) is 1. The van der Waals surface area contributed by atoms with E-state index in [1.54, 1.807) is 4.90 Å². The Kier molecular flexibility index (Phi) is 5.96. The molecule has 0 aliphatic carbocycles. The zero-order valence-electron chi connectivity index (χ0n) is 16.0. The number of rotatable bonds is 5. The summed E-state index contributed by atoms with van der Waals surface area (Å²) < 4.78 is 5.23. The molecule has 1 atom stereocenters. The number of esters is 1. The van der Waals surface area contributed by atoms with Crippen LogP contribution in [0.4, 0.5) is 17.1 Å². The molecule has 0 bridgehead atoms. The molecule has 1 aliphatic rings. The average molecular weight is 398 g/mol. The molecule has 3 rings (SSSR count). The van der Waals surface area contributed by atoms with E-state index in [2.05, 4.69) is 4.90 Å². The van der Waals surface area contributed by atoms with Crippen LogP contribution in [0.15, 0.2) is 48.5 Å². The summed E-state index contributed by atoms with van der Waals surface area (Å²) in [4.78, 5) is 39.1. The Morgan fingerprint density at radius 2 is 1.76 bits per heavy atom. The number of para-hydroxylation sites is 1. The highest BCUT2D eigenvalue weighted by Gasteiger charge is 2.28. The molecule has 0 radical (unpaired) electrons. The first-order valence-electron chi connectivity index (χ1n) is 9.20. The molecule has 1 saturated heterocycles. The van der Waals surface area contributed by atoms with Crippen LogP contribution in [0.2, 0.25) is 0 Å². The van der Waals surface area contributed by atoms with Crippen molar-refractivity contribution in [2.24, 2.45) is 0 Å². The van der Waals surface area contributed by atoms with E-state index >= 15 is 0 Å². The van der Waals surface area contributed by atoms with Gasteiger partial charge in [-0.1, -0.05) is 18.2 Å². The second kappa shape index (κ2) is 8.59. The third-order valence-corrected chi connectivity index (χ3v) is 4.81. The van der Waals surface area contributed by atoms with Crippen molar-refractivity contribution in [3.63, 3.8) is 0 Å². The molecule has 1 unspecified atom stereocenters. The zero-order chi connectivity index (χ0) is 21.0. The number of hydrogen-bond acceptors (Lipinski definition) is 7. The van der Waals surface area contributed by atoms with Crippen LogP contribution in [0.25, 0.3) is 0 Å². The Labute approximate surface area is 167 Å². The summed E-state index contributed by atoms with van der Waals surface area (Å²) in [5.41, 5.74) is 6.47. The maximum absolute atomic E-state index is 12.7. The minimum atomic E-state index is -1.02. The lowest BCUT2D eigenvalue weighted by Crippen LogP contribution is -2.51. The number of nitro groups is 1. The molecule has 2 aromatic carbocycles. The fourth-order valence-electron chi connectivity index (χ4n) is 3.19. The van der Waals surface area contributed by atoms with Crippen LogP contribution in [0, 0.1) is 10.1 Å². The highest BCUT2D eigenvalue weighted by molar-refractivity contribution is 5.97. The highest BCUT2D eigenvalue weighted by Crippen LogP contribution is 2.21. The largest absolute Gasteiger partial charge is 0.449 e. The van der Waals surface area contributed by atoms with Crippen LogP contribution in [0.5, 0.6) is 0 Å². The van der Waals surface area contributed by atoms with E-state index in [1.807, 2.05) is 30.3 Å². The monoisotopic (exact) mass is 398 g/mol. The van der Waals surface area contributed by atoms with E-state index in [4.69, 9.17) is 10.5 Å². The lowest BCUT2D eigenvalue weighted by Gasteiger charge is -2.37. The molecule has 152 valence electrons. The molecule has 2 N–H and O–H groups in total. The fraction of sp³-hybridized carbons (Fsp3) is 0.300. The van der Waals surface area contributed by atoms with Gasteiger partial charge in [0.1, 0.15) is 0 Å². The summed E-state index contributed by atoms with van der Waals surface area (Å²) in [5.74, 6) is -1.18. The van der Waals surface area contributed by atoms with Crippen molar-refractivity contribution in [3.8, 4) is 0 Å². The van der Waals surface area contributed by atoms with Crippen molar-refractivity contribution in [2.45, 2.75) is 13.0 Å². The van der Waals surface area contributed by atoms with E-state index in [9.17, 15) is 19.7 Å². The molecular formula is C20H22N4O5. The van der Waals surface area contributed by atoms with Gasteiger partial charge >= 0.3 is 5.97 Å². The topological polar surface area (TPSA) is 119 Å². The Balaban J connectivity index is 1.59. The summed E-state index contributed by atoms with van der Waals surface area (Å²) in [6, 6.07) is 13.4. The van der Waals surface area contributed by atoms with Crippen molar-refractivity contribution in [2.75, 3.05) is 36.8 Å². The number of amides is 1. The third kappa shape index (κ3) is 4.63. The van der Waals surface area contributed by atoms with Crippen LogP contribution in [-0.2, 0) is 9.53 Å². The molecule has 9 nitrogen and oxygen atoms in total. The second-order valence-electron chi connectivity index (χ2n) is 6.72.